The zero-order valence-electron chi connectivity index (χ0n) is 18.7. The van der Waals surface area contributed by atoms with Crippen LogP contribution in [-0.2, 0) is 4.79 Å². The third-order valence-electron chi connectivity index (χ3n) is 5.35. The highest BCUT2D eigenvalue weighted by Crippen LogP contribution is 2.37. The third-order valence-corrected chi connectivity index (χ3v) is 5.61. The number of para-hydroxylation sites is 1. The van der Waals surface area contributed by atoms with Crippen LogP contribution in [0.5, 0.6) is 5.75 Å². The van der Waals surface area contributed by atoms with Crippen LogP contribution in [0.1, 0.15) is 29.8 Å². The summed E-state index contributed by atoms with van der Waals surface area (Å²) in [5, 5.41) is 4.26. The Bertz CT molecular complexity index is 1400. The predicted octanol–water partition coefficient (Wildman–Crippen LogP) is 6.29. The van der Waals surface area contributed by atoms with Crippen LogP contribution in [0.2, 0.25) is 5.02 Å². The van der Waals surface area contributed by atoms with Gasteiger partial charge in [-0.05, 0) is 55.3 Å². The van der Waals surface area contributed by atoms with Crippen LogP contribution in [0.4, 0.5) is 5.69 Å². The number of nitrogens with one attached hydrogen (secondary N) is 1. The number of allylic oxidation sites excluding steroid dienone is 1. The first-order valence-electron chi connectivity index (χ1n) is 10.7. The Morgan fingerprint density at radius 1 is 1.09 bits per heavy atom. The molecule has 4 rings (SSSR count). The summed E-state index contributed by atoms with van der Waals surface area (Å²) in [5.74, 6) is -0.402. The van der Waals surface area contributed by atoms with E-state index in [4.69, 9.17) is 26.5 Å². The molecule has 0 spiro atoms. The highest BCUT2D eigenvalue weighted by Gasteiger charge is 2.16. The molecule has 7 heteroatoms. The molecule has 34 heavy (non-hydrogen) atoms. The lowest BCUT2D eigenvalue weighted by Crippen LogP contribution is -2.17. The van der Waals surface area contributed by atoms with E-state index in [9.17, 15) is 9.59 Å². The van der Waals surface area contributed by atoms with Gasteiger partial charge in [0.05, 0.1) is 24.1 Å². The maximum atomic E-state index is 12.8. The molecule has 0 aliphatic rings. The van der Waals surface area contributed by atoms with Crippen molar-refractivity contribution in [2.45, 2.75) is 13.8 Å². The SMILES string of the molecule is CCOc1cc2occ(-c3ccc(Cl)cc3)c2cc1/C(C)=C/C(=O)Nc1ccccc1C(N)=O. The Morgan fingerprint density at radius 3 is 2.53 bits per heavy atom. The number of fused-ring (bicyclic) bond motifs is 1. The molecule has 6 nitrogen and oxygen atoms in total. The van der Waals surface area contributed by atoms with Crippen molar-refractivity contribution in [3.8, 4) is 16.9 Å². The van der Waals surface area contributed by atoms with Crippen LogP contribution in [-0.4, -0.2) is 18.4 Å². The van der Waals surface area contributed by atoms with Crippen molar-refractivity contribution < 1.29 is 18.7 Å². The van der Waals surface area contributed by atoms with Crippen LogP contribution < -0.4 is 15.8 Å². The van der Waals surface area contributed by atoms with E-state index in [-0.39, 0.29) is 11.5 Å². The zero-order chi connectivity index (χ0) is 24.2. The third kappa shape index (κ3) is 4.82. The molecule has 1 aromatic heterocycles. The molecule has 0 bridgehead atoms. The predicted molar refractivity (Wildman–Crippen MR) is 135 cm³/mol. The van der Waals surface area contributed by atoms with Crippen LogP contribution in [0.3, 0.4) is 0 Å². The Morgan fingerprint density at radius 2 is 1.82 bits per heavy atom. The second-order valence-electron chi connectivity index (χ2n) is 7.66. The fourth-order valence-electron chi connectivity index (χ4n) is 3.74. The van der Waals surface area contributed by atoms with E-state index in [1.54, 1.807) is 30.5 Å². The van der Waals surface area contributed by atoms with Gasteiger partial charge in [0, 0.05) is 33.7 Å². The van der Waals surface area contributed by atoms with Gasteiger partial charge in [-0.3, -0.25) is 9.59 Å². The van der Waals surface area contributed by atoms with Gasteiger partial charge in [0.1, 0.15) is 11.3 Å². The van der Waals surface area contributed by atoms with Crippen molar-refractivity contribution in [3.05, 3.63) is 89.2 Å². The van der Waals surface area contributed by atoms with Crippen molar-refractivity contribution >= 4 is 45.6 Å². The summed E-state index contributed by atoms with van der Waals surface area (Å²) in [6, 6.07) is 17.9. The number of carbonyl (C=O) groups excluding carboxylic acids is 2. The first kappa shape index (κ1) is 23.1. The average Bonchev–Trinajstić information content (AvgIpc) is 3.22. The molecule has 0 unspecified atom stereocenters. The molecule has 4 aromatic rings. The number of hydrogen-bond acceptors (Lipinski definition) is 4. The quantitative estimate of drug-likeness (QED) is 0.307. The summed E-state index contributed by atoms with van der Waals surface area (Å²) in [6.45, 7) is 4.17. The van der Waals surface area contributed by atoms with Gasteiger partial charge >= 0.3 is 0 Å². The topological polar surface area (TPSA) is 94.6 Å². The molecule has 0 aliphatic heterocycles. The van der Waals surface area contributed by atoms with E-state index < -0.39 is 5.91 Å². The van der Waals surface area contributed by atoms with E-state index in [0.29, 0.717) is 34.2 Å². The number of anilines is 1. The molecule has 3 N–H and O–H groups in total. The molecule has 0 saturated carbocycles. The number of benzene rings is 3. The first-order valence-corrected chi connectivity index (χ1v) is 11.1. The molecule has 0 aliphatic carbocycles. The maximum absolute atomic E-state index is 12.8. The number of hydrogen-bond donors (Lipinski definition) is 2. The number of halogens is 1. The van der Waals surface area contributed by atoms with Gasteiger partial charge in [-0.2, -0.15) is 0 Å². The zero-order valence-corrected chi connectivity index (χ0v) is 19.5. The maximum Gasteiger partial charge on any atom is 0.250 e. The lowest BCUT2D eigenvalue weighted by molar-refractivity contribution is -0.111. The van der Waals surface area contributed by atoms with Gasteiger partial charge in [-0.15, -0.1) is 0 Å². The van der Waals surface area contributed by atoms with E-state index in [2.05, 4.69) is 5.32 Å². The summed E-state index contributed by atoms with van der Waals surface area (Å²) in [4.78, 5) is 24.4. The number of nitrogens with two attached hydrogens (primary N) is 1. The van der Waals surface area contributed by atoms with Gasteiger partial charge < -0.3 is 20.2 Å². The monoisotopic (exact) mass is 474 g/mol. The molecule has 2 amide bonds. The second kappa shape index (κ2) is 9.85. The highest BCUT2D eigenvalue weighted by atomic mass is 35.5. The van der Waals surface area contributed by atoms with Crippen LogP contribution in [0.25, 0.3) is 27.7 Å². The lowest BCUT2D eigenvalue weighted by Gasteiger charge is -2.12. The Labute approximate surface area is 202 Å². The molecule has 0 atom stereocenters. The Hall–Kier alpha value is -4.03. The first-order chi connectivity index (χ1) is 16.4. The Kier molecular flexibility index (Phi) is 6.70. The van der Waals surface area contributed by atoms with Gasteiger partial charge in [-0.25, -0.2) is 0 Å². The van der Waals surface area contributed by atoms with Crippen LogP contribution >= 0.6 is 11.6 Å². The average molecular weight is 475 g/mol. The minimum absolute atomic E-state index is 0.240. The number of primary amides is 1. The van der Waals surface area contributed by atoms with Crippen molar-refractivity contribution in [1.82, 2.24) is 0 Å². The molecular weight excluding hydrogens is 452 g/mol. The molecule has 0 saturated heterocycles. The van der Waals surface area contributed by atoms with E-state index >= 15 is 0 Å². The normalized spacial score (nSPS) is 11.4. The summed E-state index contributed by atoms with van der Waals surface area (Å²) < 4.78 is 11.6. The van der Waals surface area contributed by atoms with Gasteiger partial charge in [0.25, 0.3) is 5.91 Å². The second-order valence-corrected chi connectivity index (χ2v) is 8.10. The van der Waals surface area contributed by atoms with Crippen LogP contribution in [0.15, 0.2) is 77.4 Å². The van der Waals surface area contributed by atoms with E-state index in [0.717, 1.165) is 22.1 Å². The van der Waals surface area contributed by atoms with Crippen LogP contribution in [0, 0.1) is 0 Å². The van der Waals surface area contributed by atoms with Crippen molar-refractivity contribution in [2.24, 2.45) is 5.73 Å². The summed E-state index contributed by atoms with van der Waals surface area (Å²) in [5.41, 5.74) is 9.98. The minimum Gasteiger partial charge on any atom is -0.493 e. The molecule has 1 heterocycles. The minimum atomic E-state index is -0.615. The van der Waals surface area contributed by atoms with Crippen molar-refractivity contribution in [3.63, 3.8) is 0 Å². The summed E-state index contributed by atoms with van der Waals surface area (Å²) >= 11 is 6.04. The summed E-state index contributed by atoms with van der Waals surface area (Å²) in [7, 11) is 0. The Balaban J connectivity index is 1.72. The van der Waals surface area contributed by atoms with E-state index in [1.807, 2.05) is 50.2 Å². The number of carbonyl (C=O) groups is 2. The van der Waals surface area contributed by atoms with Gasteiger partial charge in [-0.1, -0.05) is 35.9 Å². The van der Waals surface area contributed by atoms with E-state index in [1.165, 1.54) is 6.08 Å². The smallest absolute Gasteiger partial charge is 0.250 e. The fraction of sp³-hybridized carbons (Fsp3) is 0.111. The summed E-state index contributed by atoms with van der Waals surface area (Å²) in [6.07, 6.45) is 3.16. The number of ether oxygens (including phenoxy) is 1. The lowest BCUT2D eigenvalue weighted by atomic mass is 9.99. The molecule has 172 valence electrons. The standard InChI is InChI=1S/C27H23ClN2O4/c1-3-33-24-14-25-21(22(15-34-25)17-8-10-18(28)11-9-17)13-20(24)16(2)12-26(31)30-23-7-5-4-6-19(23)27(29)32/h4-15H,3H2,1-2H3,(H2,29,32)(H,30,31)/b16-12+. The van der Waals surface area contributed by atoms with Gasteiger partial charge in [0.15, 0.2) is 0 Å². The molecular formula is C27H23ClN2O4. The molecule has 0 radical (unpaired) electrons. The number of furan rings is 1. The highest BCUT2D eigenvalue weighted by molar-refractivity contribution is 6.30. The number of amides is 2. The van der Waals surface area contributed by atoms with Crippen molar-refractivity contribution in [1.29, 1.82) is 0 Å². The van der Waals surface area contributed by atoms with Crippen molar-refractivity contribution in [2.75, 3.05) is 11.9 Å². The molecule has 0 fully saturated rings. The van der Waals surface area contributed by atoms with Gasteiger partial charge in [0.2, 0.25) is 5.91 Å². The number of rotatable bonds is 7. The fourth-order valence-corrected chi connectivity index (χ4v) is 3.87. The largest absolute Gasteiger partial charge is 0.493 e. The molecule has 3 aromatic carbocycles.